The Labute approximate surface area is 113 Å². The fraction of sp³-hybridized carbons (Fsp3) is 0.353. The third-order valence-electron chi connectivity index (χ3n) is 4.13. The highest BCUT2D eigenvalue weighted by Gasteiger charge is 2.30. The van der Waals surface area contributed by atoms with Crippen molar-refractivity contribution in [2.24, 2.45) is 5.92 Å². The molecule has 98 valence electrons. The predicted molar refractivity (Wildman–Crippen MR) is 75.9 cm³/mol. The van der Waals surface area contributed by atoms with Gasteiger partial charge in [-0.3, -0.25) is 4.79 Å². The summed E-state index contributed by atoms with van der Waals surface area (Å²) >= 11 is 0. The molecule has 2 aromatic rings. The van der Waals surface area contributed by atoms with Crippen LogP contribution in [0.25, 0.3) is 10.8 Å². The number of benzene rings is 2. The van der Waals surface area contributed by atoms with E-state index in [1.54, 1.807) is 0 Å². The molecule has 0 heterocycles. The molecule has 0 radical (unpaired) electrons. The van der Waals surface area contributed by atoms with Gasteiger partial charge in [-0.05, 0) is 29.2 Å². The third kappa shape index (κ3) is 2.28. The topological polar surface area (TPSA) is 37.3 Å². The first-order chi connectivity index (χ1) is 9.27. The van der Waals surface area contributed by atoms with Gasteiger partial charge in [0.25, 0.3) is 0 Å². The largest absolute Gasteiger partial charge is 0.388 e. The zero-order valence-corrected chi connectivity index (χ0v) is 10.9. The summed E-state index contributed by atoms with van der Waals surface area (Å²) in [6.07, 6.45) is 2.77. The van der Waals surface area contributed by atoms with Crippen LogP contribution in [0.5, 0.6) is 0 Å². The van der Waals surface area contributed by atoms with Crippen LogP contribution in [0.4, 0.5) is 0 Å². The van der Waals surface area contributed by atoms with Gasteiger partial charge < -0.3 is 5.11 Å². The predicted octanol–water partition coefficient (Wildman–Crippen LogP) is 3.63. The third-order valence-corrected chi connectivity index (χ3v) is 4.13. The smallest absolute Gasteiger partial charge is 0.138 e. The van der Waals surface area contributed by atoms with E-state index in [0.29, 0.717) is 6.42 Å². The van der Waals surface area contributed by atoms with Gasteiger partial charge in [0.1, 0.15) is 5.78 Å². The van der Waals surface area contributed by atoms with E-state index in [0.717, 1.165) is 35.6 Å². The van der Waals surface area contributed by atoms with Gasteiger partial charge in [-0.25, -0.2) is 0 Å². The van der Waals surface area contributed by atoms with Gasteiger partial charge in [0.05, 0.1) is 6.10 Å². The Kier molecular flexibility index (Phi) is 3.34. The lowest BCUT2D eigenvalue weighted by molar-refractivity contribution is -0.128. The molecule has 0 saturated heterocycles. The molecule has 2 atom stereocenters. The van der Waals surface area contributed by atoms with E-state index in [2.05, 4.69) is 0 Å². The Bertz CT molecular complexity index is 598. The van der Waals surface area contributed by atoms with Crippen molar-refractivity contribution in [2.45, 2.75) is 31.8 Å². The number of aliphatic hydroxyl groups excluding tert-OH is 1. The Balaban J connectivity index is 2.01. The molecule has 0 aliphatic heterocycles. The number of aliphatic hydroxyl groups is 1. The van der Waals surface area contributed by atoms with Crippen LogP contribution in [-0.4, -0.2) is 10.9 Å². The first-order valence-electron chi connectivity index (χ1n) is 6.96. The standard InChI is InChI=1S/C17H18O2/c18-16-11-4-3-9-15(16)17(19)14-10-5-7-12-6-1-2-8-13(12)14/h1-2,5-8,10,15,17,19H,3-4,9,11H2/t15-,17+/m1/s1. The fourth-order valence-corrected chi connectivity index (χ4v) is 3.07. The van der Waals surface area contributed by atoms with Gasteiger partial charge in [-0.1, -0.05) is 48.9 Å². The van der Waals surface area contributed by atoms with Crippen LogP contribution >= 0.6 is 0 Å². The van der Waals surface area contributed by atoms with Crippen LogP contribution in [0, 0.1) is 5.92 Å². The van der Waals surface area contributed by atoms with Gasteiger partial charge in [-0.15, -0.1) is 0 Å². The zero-order chi connectivity index (χ0) is 13.2. The van der Waals surface area contributed by atoms with Crippen molar-refractivity contribution in [3.63, 3.8) is 0 Å². The fourth-order valence-electron chi connectivity index (χ4n) is 3.07. The van der Waals surface area contributed by atoms with Gasteiger partial charge >= 0.3 is 0 Å². The van der Waals surface area contributed by atoms with Crippen molar-refractivity contribution < 1.29 is 9.90 Å². The van der Waals surface area contributed by atoms with Crippen molar-refractivity contribution in [3.8, 4) is 0 Å². The average molecular weight is 254 g/mol. The van der Waals surface area contributed by atoms with Crippen LogP contribution in [0.1, 0.15) is 37.4 Å². The van der Waals surface area contributed by atoms with E-state index in [1.807, 2.05) is 42.5 Å². The van der Waals surface area contributed by atoms with Crippen LogP contribution in [0.2, 0.25) is 0 Å². The lowest BCUT2D eigenvalue weighted by Crippen LogP contribution is -2.25. The van der Waals surface area contributed by atoms with Crippen molar-refractivity contribution in [3.05, 3.63) is 48.0 Å². The zero-order valence-electron chi connectivity index (χ0n) is 10.9. The number of Topliss-reactive ketones (excluding diaryl/α,β-unsaturated/α-hetero) is 1. The van der Waals surface area contributed by atoms with Crippen molar-refractivity contribution in [2.75, 3.05) is 0 Å². The first-order valence-corrected chi connectivity index (χ1v) is 6.96. The highest BCUT2D eigenvalue weighted by atomic mass is 16.3. The quantitative estimate of drug-likeness (QED) is 0.888. The molecule has 0 unspecified atom stereocenters. The maximum atomic E-state index is 12.0. The molecule has 1 aliphatic carbocycles. The van der Waals surface area contributed by atoms with Crippen LogP contribution in [-0.2, 0) is 4.79 Å². The lowest BCUT2D eigenvalue weighted by atomic mass is 9.81. The number of hydrogen-bond acceptors (Lipinski definition) is 2. The number of ketones is 1. The molecule has 0 amide bonds. The summed E-state index contributed by atoms with van der Waals surface area (Å²) in [5.74, 6) is -0.00811. The molecule has 3 rings (SSSR count). The Hall–Kier alpha value is -1.67. The highest BCUT2D eigenvalue weighted by molar-refractivity contribution is 5.88. The summed E-state index contributed by atoms with van der Waals surface area (Å²) < 4.78 is 0. The Morgan fingerprint density at radius 3 is 2.68 bits per heavy atom. The number of rotatable bonds is 2. The molecular formula is C17H18O2. The summed E-state index contributed by atoms with van der Waals surface area (Å²) in [7, 11) is 0. The molecule has 19 heavy (non-hydrogen) atoms. The average Bonchev–Trinajstić information content (AvgIpc) is 2.46. The van der Waals surface area contributed by atoms with Crippen molar-refractivity contribution in [1.29, 1.82) is 0 Å². The lowest BCUT2D eigenvalue weighted by Gasteiger charge is -2.26. The number of fused-ring (bicyclic) bond motifs is 1. The van der Waals surface area contributed by atoms with E-state index in [9.17, 15) is 9.90 Å². The molecule has 2 heteroatoms. The maximum Gasteiger partial charge on any atom is 0.138 e. The van der Waals surface area contributed by atoms with Crippen LogP contribution in [0.3, 0.4) is 0 Å². The summed E-state index contributed by atoms with van der Waals surface area (Å²) in [5.41, 5.74) is 0.887. The number of hydrogen-bond donors (Lipinski definition) is 1. The molecule has 1 saturated carbocycles. The van der Waals surface area contributed by atoms with E-state index in [-0.39, 0.29) is 11.7 Å². The van der Waals surface area contributed by atoms with E-state index < -0.39 is 6.10 Å². The van der Waals surface area contributed by atoms with Gasteiger partial charge in [-0.2, -0.15) is 0 Å². The normalized spacial score (nSPS) is 21.5. The van der Waals surface area contributed by atoms with Gasteiger partial charge in [0.15, 0.2) is 0 Å². The summed E-state index contributed by atoms with van der Waals surface area (Å²) in [5, 5.41) is 12.8. The minimum atomic E-state index is -0.668. The summed E-state index contributed by atoms with van der Waals surface area (Å²) in [6.45, 7) is 0. The van der Waals surface area contributed by atoms with Crippen molar-refractivity contribution >= 4 is 16.6 Å². The SMILES string of the molecule is O=C1CCCC[C@H]1[C@@H](O)c1cccc2ccccc12. The molecule has 0 aromatic heterocycles. The second-order valence-electron chi connectivity index (χ2n) is 5.33. The minimum Gasteiger partial charge on any atom is -0.388 e. The summed E-state index contributed by atoms with van der Waals surface area (Å²) in [4.78, 5) is 12.0. The Morgan fingerprint density at radius 1 is 1.05 bits per heavy atom. The molecule has 2 aromatic carbocycles. The Morgan fingerprint density at radius 2 is 1.84 bits per heavy atom. The summed E-state index contributed by atoms with van der Waals surface area (Å²) in [6, 6.07) is 13.9. The monoisotopic (exact) mass is 254 g/mol. The molecule has 1 fully saturated rings. The van der Waals surface area contributed by atoms with Crippen molar-refractivity contribution in [1.82, 2.24) is 0 Å². The maximum absolute atomic E-state index is 12.0. The van der Waals surface area contributed by atoms with Gasteiger partial charge in [0, 0.05) is 12.3 Å². The molecule has 0 bridgehead atoms. The van der Waals surface area contributed by atoms with E-state index in [1.165, 1.54) is 0 Å². The first kappa shape index (κ1) is 12.4. The van der Waals surface area contributed by atoms with E-state index in [4.69, 9.17) is 0 Å². The number of carbonyl (C=O) groups is 1. The van der Waals surface area contributed by atoms with E-state index >= 15 is 0 Å². The van der Waals surface area contributed by atoms with Gasteiger partial charge in [0.2, 0.25) is 0 Å². The highest BCUT2D eigenvalue weighted by Crippen LogP contribution is 2.35. The molecular weight excluding hydrogens is 236 g/mol. The molecule has 1 N–H and O–H groups in total. The molecule has 1 aliphatic rings. The van der Waals surface area contributed by atoms with Crippen LogP contribution in [0.15, 0.2) is 42.5 Å². The number of carbonyl (C=O) groups excluding carboxylic acids is 1. The second kappa shape index (κ2) is 5.14. The minimum absolute atomic E-state index is 0.215. The van der Waals surface area contributed by atoms with Crippen LogP contribution < -0.4 is 0 Å². The molecule has 0 spiro atoms. The molecule has 2 nitrogen and oxygen atoms in total. The second-order valence-corrected chi connectivity index (χ2v) is 5.33.